The first-order chi connectivity index (χ1) is 28.2. The van der Waals surface area contributed by atoms with Crippen molar-refractivity contribution in [3.8, 4) is 11.1 Å². The molecule has 272 valence electrons. The summed E-state index contributed by atoms with van der Waals surface area (Å²) in [5.74, 6) is 0.805. The molecule has 0 spiro atoms. The molecule has 0 bridgehead atoms. The number of benzene rings is 7. The van der Waals surface area contributed by atoms with Crippen LogP contribution in [0, 0.1) is 5.92 Å². The molecular formula is C53H38N2O2. The summed E-state index contributed by atoms with van der Waals surface area (Å²) in [6.07, 6.45) is 7.12. The number of nitrogens with zero attached hydrogens (tertiary/aromatic N) is 2. The summed E-state index contributed by atoms with van der Waals surface area (Å²) in [6, 6.07) is 59.3. The molecule has 1 aliphatic carbocycles. The fourth-order valence-corrected chi connectivity index (χ4v) is 9.12. The molecule has 0 N–H and O–H groups in total. The van der Waals surface area contributed by atoms with Crippen LogP contribution in [0.1, 0.15) is 41.0 Å². The number of fused-ring (bicyclic) bond motifs is 6. The maximum absolute atomic E-state index is 6.89. The van der Waals surface area contributed by atoms with Crippen molar-refractivity contribution in [1.82, 2.24) is 0 Å². The molecule has 9 aromatic rings. The van der Waals surface area contributed by atoms with Gasteiger partial charge in [-0.2, -0.15) is 0 Å². The molecule has 0 amide bonds. The zero-order valence-corrected chi connectivity index (χ0v) is 31.4. The molecule has 0 saturated heterocycles. The van der Waals surface area contributed by atoms with Gasteiger partial charge in [0.2, 0.25) is 0 Å². The fraction of sp³-hybridized carbons (Fsp3) is 0.0943. The van der Waals surface area contributed by atoms with E-state index >= 15 is 0 Å². The first-order valence-electron chi connectivity index (χ1n) is 19.8. The Hall–Kier alpha value is -7.04. The van der Waals surface area contributed by atoms with Gasteiger partial charge in [-0.05, 0) is 34.4 Å². The molecule has 4 heteroatoms. The zero-order chi connectivity index (χ0) is 37.9. The first-order valence-corrected chi connectivity index (χ1v) is 19.8. The lowest BCUT2D eigenvalue weighted by Crippen LogP contribution is -2.33. The van der Waals surface area contributed by atoms with Crippen molar-refractivity contribution >= 4 is 55.4 Å². The van der Waals surface area contributed by atoms with Gasteiger partial charge in [-0.15, -0.1) is 0 Å². The van der Waals surface area contributed by atoms with Gasteiger partial charge in [-0.3, -0.25) is 4.99 Å². The van der Waals surface area contributed by atoms with Crippen molar-refractivity contribution < 1.29 is 8.83 Å². The second-order valence-electron chi connectivity index (χ2n) is 15.2. The Balaban J connectivity index is 1.09. The van der Waals surface area contributed by atoms with E-state index < -0.39 is 0 Å². The minimum atomic E-state index is -0.197. The van der Waals surface area contributed by atoms with Crippen LogP contribution in [0.15, 0.2) is 212 Å². The van der Waals surface area contributed by atoms with Crippen molar-refractivity contribution in [2.75, 3.05) is 0 Å². The van der Waals surface area contributed by atoms with Crippen LogP contribution in [0.25, 0.3) is 55.0 Å². The van der Waals surface area contributed by atoms with Gasteiger partial charge in [-0.1, -0.05) is 183 Å². The highest BCUT2D eigenvalue weighted by atomic mass is 16.3. The van der Waals surface area contributed by atoms with Crippen molar-refractivity contribution in [3.63, 3.8) is 0 Å². The van der Waals surface area contributed by atoms with Gasteiger partial charge in [0.15, 0.2) is 5.84 Å². The lowest BCUT2D eigenvalue weighted by Gasteiger charge is -2.33. The lowest BCUT2D eigenvalue weighted by molar-refractivity contribution is 0.614. The third-order valence-electron chi connectivity index (χ3n) is 11.9. The maximum atomic E-state index is 6.89. The van der Waals surface area contributed by atoms with Gasteiger partial charge in [0.1, 0.15) is 22.3 Å². The number of para-hydroxylation sites is 4. The Kier molecular flexibility index (Phi) is 7.95. The van der Waals surface area contributed by atoms with Crippen LogP contribution in [0.3, 0.4) is 0 Å². The smallest absolute Gasteiger partial charge is 0.159 e. The fourth-order valence-electron chi connectivity index (χ4n) is 9.12. The van der Waals surface area contributed by atoms with Crippen molar-refractivity contribution in [2.24, 2.45) is 15.9 Å². The van der Waals surface area contributed by atoms with Gasteiger partial charge in [0.25, 0.3) is 0 Å². The summed E-state index contributed by atoms with van der Waals surface area (Å²) in [4.78, 5) is 11.0. The van der Waals surface area contributed by atoms with Crippen LogP contribution >= 0.6 is 0 Å². The van der Waals surface area contributed by atoms with Crippen LogP contribution in [0.5, 0.6) is 0 Å². The van der Waals surface area contributed by atoms with E-state index in [-0.39, 0.29) is 23.8 Å². The number of rotatable bonds is 6. The van der Waals surface area contributed by atoms with E-state index in [0.717, 1.165) is 77.4 Å². The molecule has 3 unspecified atom stereocenters. The van der Waals surface area contributed by atoms with Crippen LogP contribution in [0.2, 0.25) is 0 Å². The standard InChI is InChI=1S/C53H38N2O2/c1-33-48(36-20-9-4-10-21-36)54-53(45-28-15-26-43-42-25-13-23-39(50(42)57-52(43)45)35-18-7-3-8-19-35)55-49(33)37-30-31-38(34-16-5-2-6-17-34)46(32-37)44-27-14-24-41-40-22-11-12-29-47(40)56-51(41)44/h2-33,38,46,49H,1H3/t33?,38-,46?,49?/m1/s1. The van der Waals surface area contributed by atoms with Gasteiger partial charge in [0, 0.05) is 50.4 Å². The van der Waals surface area contributed by atoms with Gasteiger partial charge in [-0.25, -0.2) is 4.99 Å². The number of hydrogen-bond acceptors (Lipinski definition) is 4. The summed E-state index contributed by atoms with van der Waals surface area (Å²) >= 11 is 0. The average molecular weight is 735 g/mol. The number of allylic oxidation sites excluding steroid dienone is 2. The highest BCUT2D eigenvalue weighted by Crippen LogP contribution is 2.45. The van der Waals surface area contributed by atoms with Gasteiger partial charge >= 0.3 is 0 Å². The number of hydrogen-bond donors (Lipinski definition) is 0. The van der Waals surface area contributed by atoms with E-state index in [1.165, 1.54) is 11.1 Å². The van der Waals surface area contributed by atoms with Crippen molar-refractivity contribution in [1.29, 1.82) is 0 Å². The summed E-state index contributed by atoms with van der Waals surface area (Å²) in [7, 11) is 0. The highest BCUT2D eigenvalue weighted by molar-refractivity contribution is 6.21. The van der Waals surface area contributed by atoms with E-state index in [4.69, 9.17) is 18.8 Å². The highest BCUT2D eigenvalue weighted by Gasteiger charge is 2.35. The quantitative estimate of drug-likeness (QED) is 0.171. The predicted molar refractivity (Wildman–Crippen MR) is 234 cm³/mol. The molecule has 4 nitrogen and oxygen atoms in total. The van der Waals surface area contributed by atoms with E-state index in [1.807, 2.05) is 12.1 Å². The van der Waals surface area contributed by atoms with Crippen LogP contribution < -0.4 is 0 Å². The van der Waals surface area contributed by atoms with Crippen molar-refractivity contribution in [3.05, 3.63) is 216 Å². The Morgan fingerprint density at radius 1 is 0.491 bits per heavy atom. The molecule has 3 heterocycles. The SMILES string of the molecule is CC1C(c2ccccc2)=NC(c2cccc3c2oc2c(-c4ccccc4)cccc23)=NC1C1=CC(c2cccc3c2oc2ccccc23)[C@@H](c2ccccc2)C=C1. The number of furan rings is 2. The van der Waals surface area contributed by atoms with E-state index in [0.29, 0.717) is 5.84 Å². The molecule has 0 radical (unpaired) electrons. The molecule has 0 fully saturated rings. The summed E-state index contributed by atoms with van der Waals surface area (Å²) in [5, 5.41) is 4.40. The third-order valence-corrected chi connectivity index (χ3v) is 11.9. The molecule has 11 rings (SSSR count). The topological polar surface area (TPSA) is 51.0 Å². The van der Waals surface area contributed by atoms with Crippen LogP contribution in [0.4, 0.5) is 0 Å². The van der Waals surface area contributed by atoms with Crippen LogP contribution in [-0.4, -0.2) is 17.6 Å². The number of amidine groups is 1. The molecule has 2 aliphatic rings. The molecule has 1 aliphatic heterocycles. The zero-order valence-electron chi connectivity index (χ0n) is 31.4. The Labute approximate surface area is 330 Å². The second-order valence-corrected chi connectivity index (χ2v) is 15.2. The molecular weight excluding hydrogens is 697 g/mol. The number of aliphatic imine (C=N–C) groups is 2. The third kappa shape index (κ3) is 5.59. The Morgan fingerprint density at radius 2 is 1.09 bits per heavy atom. The van der Waals surface area contributed by atoms with E-state index in [9.17, 15) is 0 Å². The predicted octanol–water partition coefficient (Wildman–Crippen LogP) is 13.5. The van der Waals surface area contributed by atoms with Gasteiger partial charge < -0.3 is 8.83 Å². The minimum Gasteiger partial charge on any atom is -0.456 e. The van der Waals surface area contributed by atoms with E-state index in [2.05, 4.69) is 183 Å². The second kappa shape index (κ2) is 13.6. The molecule has 57 heavy (non-hydrogen) atoms. The maximum Gasteiger partial charge on any atom is 0.159 e. The van der Waals surface area contributed by atoms with Crippen molar-refractivity contribution in [2.45, 2.75) is 24.8 Å². The average Bonchev–Trinajstić information content (AvgIpc) is 3.86. The molecule has 2 aromatic heterocycles. The normalized spacial score (nSPS) is 19.6. The molecule has 0 saturated carbocycles. The van der Waals surface area contributed by atoms with Crippen LogP contribution in [-0.2, 0) is 0 Å². The minimum absolute atomic E-state index is 0.00234. The molecule has 7 aromatic carbocycles. The summed E-state index contributed by atoms with van der Waals surface area (Å²) in [5.41, 5.74) is 12.3. The Morgan fingerprint density at radius 3 is 1.84 bits per heavy atom. The summed E-state index contributed by atoms with van der Waals surface area (Å²) in [6.45, 7) is 2.26. The first kappa shape index (κ1) is 33.3. The summed E-state index contributed by atoms with van der Waals surface area (Å²) < 4.78 is 13.6. The van der Waals surface area contributed by atoms with E-state index in [1.54, 1.807) is 0 Å². The van der Waals surface area contributed by atoms with Gasteiger partial charge in [0.05, 0.1) is 17.3 Å². The Bertz CT molecular complexity index is 3090. The monoisotopic (exact) mass is 734 g/mol. The molecule has 4 atom stereocenters. The largest absolute Gasteiger partial charge is 0.456 e. The lowest BCUT2D eigenvalue weighted by atomic mass is 9.74.